The molecule has 0 unspecified atom stereocenters. The molecule has 1 amide bonds. The number of hydrogen-bond donors (Lipinski definition) is 1. The van der Waals surface area contributed by atoms with E-state index in [1.807, 2.05) is 6.92 Å². The molecule has 0 aliphatic carbocycles. The summed E-state index contributed by atoms with van der Waals surface area (Å²) in [4.78, 5) is 19.1. The fraction of sp³-hybridized carbons (Fsp3) is 0.429. The van der Waals surface area contributed by atoms with Crippen molar-refractivity contribution in [1.29, 1.82) is 0 Å². The molecule has 0 spiro atoms. The molecule has 0 bridgehead atoms. The van der Waals surface area contributed by atoms with Gasteiger partial charge in [-0.05, 0) is 50.1 Å². The molecule has 1 aromatic carbocycles. The van der Waals surface area contributed by atoms with Crippen LogP contribution in [0, 0.1) is 0 Å². The van der Waals surface area contributed by atoms with Gasteiger partial charge in [-0.15, -0.1) is 0 Å². The van der Waals surface area contributed by atoms with E-state index in [0.717, 1.165) is 19.3 Å². The molecule has 0 radical (unpaired) electrons. The second kappa shape index (κ2) is 9.44. The number of piperidine rings is 1. The third-order valence-corrected chi connectivity index (χ3v) is 6.80. The standard InChI is InChI=1S/C21H28N4O4S/c1-4-29-19-11-10-16(30(27,28)25-13-6-5-7-14-25)15-18(19)23-21(26)17-9-8-12-22-20(17)24(2)3/h8-12,15H,4-7,13-14H2,1-3H3,(H,23,26). The van der Waals surface area contributed by atoms with Crippen molar-refractivity contribution in [3.05, 3.63) is 42.1 Å². The van der Waals surface area contributed by atoms with E-state index >= 15 is 0 Å². The monoisotopic (exact) mass is 432 g/mol. The molecule has 1 N–H and O–H groups in total. The van der Waals surface area contributed by atoms with Crippen molar-refractivity contribution >= 4 is 27.4 Å². The number of ether oxygens (including phenoxy) is 1. The van der Waals surface area contributed by atoms with Crippen LogP contribution in [0.15, 0.2) is 41.4 Å². The first-order chi connectivity index (χ1) is 14.3. The van der Waals surface area contributed by atoms with E-state index in [1.165, 1.54) is 16.4 Å². The van der Waals surface area contributed by atoms with Crippen LogP contribution in [0.5, 0.6) is 5.75 Å². The Morgan fingerprint density at radius 3 is 2.60 bits per heavy atom. The number of nitrogens with one attached hydrogen (secondary N) is 1. The summed E-state index contributed by atoms with van der Waals surface area (Å²) in [6.07, 6.45) is 4.36. The lowest BCUT2D eigenvalue weighted by Gasteiger charge is -2.26. The zero-order chi connectivity index (χ0) is 21.7. The van der Waals surface area contributed by atoms with Crippen LogP contribution in [-0.4, -0.2) is 57.4 Å². The van der Waals surface area contributed by atoms with E-state index in [1.54, 1.807) is 43.4 Å². The highest BCUT2D eigenvalue weighted by atomic mass is 32.2. The maximum absolute atomic E-state index is 13.1. The van der Waals surface area contributed by atoms with E-state index in [-0.39, 0.29) is 10.8 Å². The summed E-state index contributed by atoms with van der Waals surface area (Å²) in [6.45, 7) is 3.24. The zero-order valence-electron chi connectivity index (χ0n) is 17.6. The zero-order valence-corrected chi connectivity index (χ0v) is 18.4. The summed E-state index contributed by atoms with van der Waals surface area (Å²) in [5.74, 6) is 0.545. The van der Waals surface area contributed by atoms with Gasteiger partial charge in [0.1, 0.15) is 11.6 Å². The highest BCUT2D eigenvalue weighted by molar-refractivity contribution is 7.89. The molecule has 1 fully saturated rings. The van der Waals surface area contributed by atoms with Gasteiger partial charge < -0.3 is 15.0 Å². The quantitative estimate of drug-likeness (QED) is 0.723. The largest absolute Gasteiger partial charge is 0.492 e. The van der Waals surface area contributed by atoms with Gasteiger partial charge in [0.05, 0.1) is 22.8 Å². The van der Waals surface area contributed by atoms with E-state index in [0.29, 0.717) is 42.5 Å². The molecule has 3 rings (SSSR count). The van der Waals surface area contributed by atoms with Crippen molar-refractivity contribution in [2.24, 2.45) is 0 Å². The number of carbonyl (C=O) groups excluding carboxylic acids is 1. The molecule has 1 aliphatic heterocycles. The van der Waals surface area contributed by atoms with Gasteiger partial charge in [-0.2, -0.15) is 4.31 Å². The van der Waals surface area contributed by atoms with Gasteiger partial charge in [-0.1, -0.05) is 6.42 Å². The average Bonchev–Trinajstić information content (AvgIpc) is 2.75. The first kappa shape index (κ1) is 22.0. The fourth-order valence-corrected chi connectivity index (χ4v) is 4.97. The summed E-state index contributed by atoms with van der Waals surface area (Å²) in [6, 6.07) is 7.94. The van der Waals surface area contributed by atoms with Crippen LogP contribution < -0.4 is 15.0 Å². The van der Waals surface area contributed by atoms with Crippen LogP contribution in [0.25, 0.3) is 0 Å². The summed E-state index contributed by atoms with van der Waals surface area (Å²) in [7, 11) is -0.0281. The normalized spacial score (nSPS) is 14.9. The minimum Gasteiger partial charge on any atom is -0.492 e. The second-order valence-electron chi connectivity index (χ2n) is 7.28. The number of anilines is 2. The third kappa shape index (κ3) is 4.73. The van der Waals surface area contributed by atoms with Gasteiger partial charge in [0.25, 0.3) is 5.91 Å². The summed E-state index contributed by atoms with van der Waals surface area (Å²) in [5, 5.41) is 2.81. The van der Waals surface area contributed by atoms with Crippen LogP contribution in [0.2, 0.25) is 0 Å². The minimum atomic E-state index is -3.63. The van der Waals surface area contributed by atoms with Gasteiger partial charge in [0.15, 0.2) is 0 Å². The highest BCUT2D eigenvalue weighted by Crippen LogP contribution is 2.31. The van der Waals surface area contributed by atoms with Gasteiger partial charge >= 0.3 is 0 Å². The molecule has 1 saturated heterocycles. The van der Waals surface area contributed by atoms with E-state index in [9.17, 15) is 13.2 Å². The van der Waals surface area contributed by atoms with E-state index in [4.69, 9.17) is 4.74 Å². The van der Waals surface area contributed by atoms with Gasteiger partial charge in [-0.3, -0.25) is 4.79 Å². The topological polar surface area (TPSA) is 91.8 Å². The molecule has 30 heavy (non-hydrogen) atoms. The van der Waals surface area contributed by atoms with Crippen molar-refractivity contribution in [3.63, 3.8) is 0 Å². The Hall–Kier alpha value is -2.65. The van der Waals surface area contributed by atoms with Gasteiger partial charge in [-0.25, -0.2) is 13.4 Å². The smallest absolute Gasteiger partial charge is 0.259 e. The maximum Gasteiger partial charge on any atom is 0.259 e. The Morgan fingerprint density at radius 1 is 1.20 bits per heavy atom. The lowest BCUT2D eigenvalue weighted by Crippen LogP contribution is -2.35. The van der Waals surface area contributed by atoms with Crippen LogP contribution in [0.4, 0.5) is 11.5 Å². The number of rotatable bonds is 7. The van der Waals surface area contributed by atoms with Crippen molar-refractivity contribution < 1.29 is 17.9 Å². The molecule has 2 heterocycles. The SMILES string of the molecule is CCOc1ccc(S(=O)(=O)N2CCCCC2)cc1NC(=O)c1cccnc1N(C)C. The maximum atomic E-state index is 13.1. The number of sulfonamides is 1. The molecule has 1 aromatic heterocycles. The molecular weight excluding hydrogens is 404 g/mol. The van der Waals surface area contributed by atoms with Crippen LogP contribution >= 0.6 is 0 Å². The summed E-state index contributed by atoms with van der Waals surface area (Å²) < 4.78 is 33.2. The molecule has 9 heteroatoms. The number of hydrogen-bond acceptors (Lipinski definition) is 6. The minimum absolute atomic E-state index is 0.141. The highest BCUT2D eigenvalue weighted by Gasteiger charge is 2.27. The Labute approximate surface area is 177 Å². The molecule has 0 atom stereocenters. The number of aromatic nitrogens is 1. The summed E-state index contributed by atoms with van der Waals surface area (Å²) >= 11 is 0. The molecule has 8 nitrogen and oxygen atoms in total. The van der Waals surface area contributed by atoms with Crippen molar-refractivity contribution in [3.8, 4) is 5.75 Å². The molecule has 1 aliphatic rings. The first-order valence-electron chi connectivity index (χ1n) is 10.0. The Balaban J connectivity index is 1.95. The lowest BCUT2D eigenvalue weighted by molar-refractivity contribution is 0.102. The van der Waals surface area contributed by atoms with Crippen LogP contribution in [0.1, 0.15) is 36.5 Å². The van der Waals surface area contributed by atoms with E-state index < -0.39 is 10.0 Å². The molecule has 0 saturated carbocycles. The molecule has 2 aromatic rings. The van der Waals surface area contributed by atoms with Crippen LogP contribution in [0.3, 0.4) is 0 Å². The lowest BCUT2D eigenvalue weighted by atomic mass is 10.2. The predicted octanol–water partition coefficient (Wildman–Crippen LogP) is 2.97. The van der Waals surface area contributed by atoms with Crippen molar-refractivity contribution in [2.75, 3.05) is 44.0 Å². The van der Waals surface area contributed by atoms with E-state index in [2.05, 4.69) is 10.3 Å². The van der Waals surface area contributed by atoms with Gasteiger partial charge in [0, 0.05) is 33.4 Å². The number of nitrogens with zero attached hydrogens (tertiary/aromatic N) is 3. The number of pyridine rings is 1. The molecule has 162 valence electrons. The predicted molar refractivity (Wildman–Crippen MR) is 117 cm³/mol. The van der Waals surface area contributed by atoms with Gasteiger partial charge in [0.2, 0.25) is 10.0 Å². The Bertz CT molecular complexity index is 1000. The van der Waals surface area contributed by atoms with Crippen molar-refractivity contribution in [2.45, 2.75) is 31.1 Å². The number of benzene rings is 1. The summed E-state index contributed by atoms with van der Waals surface area (Å²) in [5.41, 5.74) is 0.697. The number of carbonyl (C=O) groups is 1. The molecular formula is C21H28N4O4S. The Morgan fingerprint density at radius 2 is 1.93 bits per heavy atom. The number of amides is 1. The second-order valence-corrected chi connectivity index (χ2v) is 9.22. The Kier molecular flexibility index (Phi) is 6.94. The first-order valence-corrected chi connectivity index (χ1v) is 11.5. The van der Waals surface area contributed by atoms with Crippen molar-refractivity contribution in [1.82, 2.24) is 9.29 Å². The average molecular weight is 433 g/mol. The third-order valence-electron chi connectivity index (χ3n) is 4.91. The van der Waals surface area contributed by atoms with Crippen LogP contribution in [-0.2, 0) is 10.0 Å². The fourth-order valence-electron chi connectivity index (χ4n) is 3.42.